The van der Waals surface area contributed by atoms with E-state index in [2.05, 4.69) is 15.5 Å². The van der Waals surface area contributed by atoms with Gasteiger partial charge in [0.05, 0.1) is 15.8 Å². The molecule has 0 unspecified atom stereocenters. The highest BCUT2D eigenvalue weighted by molar-refractivity contribution is 7.92. The highest BCUT2D eigenvalue weighted by Gasteiger charge is 2.36. The molecule has 32 heavy (non-hydrogen) atoms. The first-order valence-electron chi connectivity index (χ1n) is 10.4. The maximum atomic E-state index is 13.0. The molecule has 0 spiro atoms. The Labute approximate surface area is 189 Å². The van der Waals surface area contributed by atoms with Crippen LogP contribution in [0.4, 0.5) is 5.13 Å². The molecule has 1 heterocycles. The third kappa shape index (κ3) is 4.83. The Bertz CT molecular complexity index is 1160. The Morgan fingerprint density at radius 2 is 1.81 bits per heavy atom. The van der Waals surface area contributed by atoms with Crippen molar-refractivity contribution in [3.8, 4) is 0 Å². The number of hydrogen-bond acceptors (Lipinski definition) is 8. The molecule has 0 aliphatic heterocycles. The molecule has 1 aromatic heterocycles. The number of thiazole rings is 1. The maximum Gasteiger partial charge on any atom is 0.347 e. The number of hydrogen-bond donors (Lipinski definition) is 2. The number of aromatic nitrogens is 1. The van der Waals surface area contributed by atoms with Gasteiger partial charge in [0.2, 0.25) is 0 Å². The summed E-state index contributed by atoms with van der Waals surface area (Å²) in [6, 6.07) is 6.00. The summed E-state index contributed by atoms with van der Waals surface area (Å²) in [5, 5.41) is 15.7. The van der Waals surface area contributed by atoms with E-state index in [9.17, 15) is 23.1 Å². The van der Waals surface area contributed by atoms with Gasteiger partial charge in [0, 0.05) is 5.56 Å². The van der Waals surface area contributed by atoms with Gasteiger partial charge in [-0.05, 0) is 57.6 Å². The number of rotatable bonds is 8. The largest absolute Gasteiger partial charge is 0.477 e. The van der Waals surface area contributed by atoms with E-state index in [4.69, 9.17) is 4.84 Å². The molecular formula is C21H23N3O6S2. The predicted octanol–water partition coefficient (Wildman–Crippen LogP) is 3.39. The summed E-state index contributed by atoms with van der Waals surface area (Å²) in [5.74, 6) is -1.74. The van der Waals surface area contributed by atoms with Crippen LogP contribution in [0, 0.1) is 6.92 Å². The van der Waals surface area contributed by atoms with E-state index in [-0.39, 0.29) is 32.0 Å². The molecule has 11 heteroatoms. The first-order valence-corrected chi connectivity index (χ1v) is 12.7. The summed E-state index contributed by atoms with van der Waals surface area (Å²) in [7, 11) is -3.35. The summed E-state index contributed by atoms with van der Waals surface area (Å²) in [5.41, 5.74) is 0.659. The van der Waals surface area contributed by atoms with Gasteiger partial charge in [0.1, 0.15) is 11.0 Å². The van der Waals surface area contributed by atoms with Crippen LogP contribution < -0.4 is 5.32 Å². The Morgan fingerprint density at radius 1 is 1.16 bits per heavy atom. The highest BCUT2D eigenvalue weighted by atomic mass is 32.2. The number of carbonyl (C=O) groups is 2. The zero-order valence-corrected chi connectivity index (χ0v) is 19.0. The minimum Gasteiger partial charge on any atom is -0.477 e. The maximum absolute atomic E-state index is 13.0. The molecule has 1 aromatic carbocycles. The zero-order chi connectivity index (χ0) is 22.9. The third-order valence-electron chi connectivity index (χ3n) is 5.44. The molecule has 0 radical (unpaired) electrons. The van der Waals surface area contributed by atoms with E-state index < -0.39 is 21.7 Å². The van der Waals surface area contributed by atoms with Crippen molar-refractivity contribution < 1.29 is 28.0 Å². The number of aryl methyl sites for hydroxylation is 1. The van der Waals surface area contributed by atoms with Crippen LogP contribution >= 0.6 is 11.3 Å². The van der Waals surface area contributed by atoms with Gasteiger partial charge >= 0.3 is 5.97 Å². The summed E-state index contributed by atoms with van der Waals surface area (Å²) in [6.45, 7) is 1.55. The van der Waals surface area contributed by atoms with Gasteiger partial charge in [-0.25, -0.2) is 18.2 Å². The second-order valence-electron chi connectivity index (χ2n) is 7.91. The average Bonchev–Trinajstić information content (AvgIpc) is 3.38. The Kier molecular flexibility index (Phi) is 6.29. The van der Waals surface area contributed by atoms with Gasteiger partial charge in [-0.2, -0.15) is 0 Å². The number of benzene rings is 1. The fraction of sp³-hybridized carbons (Fsp3) is 0.429. The van der Waals surface area contributed by atoms with Crippen molar-refractivity contribution in [2.24, 2.45) is 5.16 Å². The Hall–Kier alpha value is -2.79. The zero-order valence-electron chi connectivity index (χ0n) is 17.4. The van der Waals surface area contributed by atoms with Crippen LogP contribution in [0.2, 0.25) is 0 Å². The van der Waals surface area contributed by atoms with Gasteiger partial charge in [-0.3, -0.25) is 10.1 Å². The van der Waals surface area contributed by atoms with Gasteiger partial charge in [0.15, 0.2) is 20.7 Å². The lowest BCUT2D eigenvalue weighted by atomic mass is 10.1. The van der Waals surface area contributed by atoms with Crippen molar-refractivity contribution in [3.63, 3.8) is 0 Å². The molecule has 2 saturated carbocycles. The quantitative estimate of drug-likeness (QED) is 0.439. The smallest absolute Gasteiger partial charge is 0.347 e. The van der Waals surface area contributed by atoms with Gasteiger partial charge < -0.3 is 9.94 Å². The van der Waals surface area contributed by atoms with E-state index in [1.807, 2.05) is 0 Å². The Morgan fingerprint density at radius 3 is 2.38 bits per heavy atom. The second kappa shape index (κ2) is 8.99. The lowest BCUT2D eigenvalue weighted by molar-refractivity contribution is -0.110. The van der Waals surface area contributed by atoms with Crippen molar-refractivity contribution in [2.45, 2.75) is 61.7 Å². The number of amides is 1. The van der Waals surface area contributed by atoms with E-state index in [0.717, 1.165) is 37.0 Å². The van der Waals surface area contributed by atoms with Crippen LogP contribution in [0.25, 0.3) is 0 Å². The molecule has 2 fully saturated rings. The van der Waals surface area contributed by atoms with Crippen LogP contribution in [-0.4, -0.2) is 47.5 Å². The van der Waals surface area contributed by atoms with Crippen molar-refractivity contribution in [3.05, 3.63) is 40.4 Å². The number of aromatic carboxylic acids is 1. The van der Waals surface area contributed by atoms with Gasteiger partial charge in [-0.1, -0.05) is 28.6 Å². The molecule has 2 aromatic rings. The van der Waals surface area contributed by atoms with Crippen LogP contribution in [0.15, 0.2) is 34.3 Å². The molecule has 0 saturated heterocycles. The van der Waals surface area contributed by atoms with Gasteiger partial charge in [0.25, 0.3) is 5.91 Å². The number of carboxylic acid groups (broad SMARTS) is 1. The molecule has 0 bridgehead atoms. The number of carbonyl (C=O) groups excluding carboxylic acids is 1. The van der Waals surface area contributed by atoms with Crippen molar-refractivity contribution in [1.29, 1.82) is 0 Å². The second-order valence-corrected chi connectivity index (χ2v) is 11.1. The SMILES string of the molecule is Cc1nc(NC(=O)/C(=N/OC2CCCC2)c2ccc(S(=O)(=O)C3CC3)cc2)sc1C(=O)O. The van der Waals surface area contributed by atoms with Crippen LogP contribution in [0.1, 0.15) is 59.5 Å². The lowest BCUT2D eigenvalue weighted by Gasteiger charge is -2.11. The molecule has 9 nitrogen and oxygen atoms in total. The molecule has 2 aliphatic rings. The minimum absolute atomic E-state index is 0.0306. The van der Waals surface area contributed by atoms with E-state index in [1.165, 1.54) is 24.3 Å². The van der Waals surface area contributed by atoms with E-state index >= 15 is 0 Å². The standard InChI is InChI=1S/C21H23N3O6S2/c1-12-18(20(26)27)31-21(22-12)23-19(25)17(24-30-14-4-2-3-5-14)13-6-8-15(9-7-13)32(28,29)16-10-11-16/h6-9,14,16H,2-5,10-11H2,1H3,(H,26,27)(H,22,23,25)/b24-17+. The average molecular weight is 478 g/mol. The molecule has 2 N–H and O–H groups in total. The number of oxime groups is 1. The van der Waals surface area contributed by atoms with Crippen molar-refractivity contribution >= 4 is 43.9 Å². The molecule has 1 amide bonds. The van der Waals surface area contributed by atoms with Crippen molar-refractivity contribution in [1.82, 2.24) is 4.98 Å². The van der Waals surface area contributed by atoms with E-state index in [0.29, 0.717) is 24.1 Å². The molecule has 2 aliphatic carbocycles. The predicted molar refractivity (Wildman–Crippen MR) is 119 cm³/mol. The summed E-state index contributed by atoms with van der Waals surface area (Å²) in [6.07, 6.45) is 5.03. The van der Waals surface area contributed by atoms with Crippen LogP contribution in [0.5, 0.6) is 0 Å². The first-order chi connectivity index (χ1) is 15.3. The fourth-order valence-electron chi connectivity index (χ4n) is 3.52. The number of carboxylic acids is 1. The topological polar surface area (TPSA) is 135 Å². The number of sulfone groups is 1. The van der Waals surface area contributed by atoms with Crippen LogP contribution in [-0.2, 0) is 19.5 Å². The van der Waals surface area contributed by atoms with Crippen molar-refractivity contribution in [2.75, 3.05) is 5.32 Å². The first kappa shape index (κ1) is 22.4. The molecular weight excluding hydrogens is 454 g/mol. The van der Waals surface area contributed by atoms with Crippen LogP contribution in [0.3, 0.4) is 0 Å². The normalized spacial score (nSPS) is 17.3. The minimum atomic E-state index is -3.35. The third-order valence-corrected chi connectivity index (χ3v) is 8.78. The molecule has 0 atom stereocenters. The van der Waals surface area contributed by atoms with Gasteiger partial charge in [-0.15, -0.1) is 0 Å². The number of nitrogens with zero attached hydrogens (tertiary/aromatic N) is 2. The lowest BCUT2D eigenvalue weighted by Crippen LogP contribution is -2.25. The molecule has 170 valence electrons. The number of nitrogens with one attached hydrogen (secondary N) is 1. The fourth-order valence-corrected chi connectivity index (χ4v) is 5.98. The summed E-state index contributed by atoms with van der Waals surface area (Å²) >= 11 is 0.850. The van der Waals surface area contributed by atoms with E-state index in [1.54, 1.807) is 6.92 Å². The summed E-state index contributed by atoms with van der Waals surface area (Å²) in [4.78, 5) is 34.2. The highest BCUT2D eigenvalue weighted by Crippen LogP contribution is 2.33. The monoisotopic (exact) mass is 477 g/mol. The number of anilines is 1. The summed E-state index contributed by atoms with van der Waals surface area (Å²) < 4.78 is 24.9. The molecule has 4 rings (SSSR count). The Balaban J connectivity index is 1.59.